The Bertz CT molecular complexity index is 422. The van der Waals surface area contributed by atoms with Gasteiger partial charge in [-0.3, -0.25) is 0 Å². The first kappa shape index (κ1) is 15.2. The van der Waals surface area contributed by atoms with E-state index >= 15 is 0 Å². The molecule has 2 rings (SSSR count). The van der Waals surface area contributed by atoms with Crippen LogP contribution in [0, 0.1) is 17.6 Å². The molecule has 1 N–H and O–H groups in total. The first-order valence-electron chi connectivity index (χ1n) is 6.99. The normalized spacial score (nSPS) is 18.8. The lowest BCUT2D eigenvalue weighted by molar-refractivity contribution is 0.134. The van der Waals surface area contributed by atoms with E-state index in [4.69, 9.17) is 9.47 Å². The van der Waals surface area contributed by atoms with E-state index in [-0.39, 0.29) is 11.9 Å². The summed E-state index contributed by atoms with van der Waals surface area (Å²) in [6.45, 7) is 6.37. The topological polar surface area (TPSA) is 30.5 Å². The van der Waals surface area contributed by atoms with E-state index in [9.17, 15) is 8.78 Å². The van der Waals surface area contributed by atoms with E-state index in [1.165, 1.54) is 12.1 Å². The molecule has 0 saturated carbocycles. The average molecular weight is 285 g/mol. The molecule has 1 heterocycles. The van der Waals surface area contributed by atoms with Gasteiger partial charge in [0.25, 0.3) is 0 Å². The summed E-state index contributed by atoms with van der Waals surface area (Å²) in [5.41, 5.74) is 0.579. The molecular formula is C15H21F2NO2. The van der Waals surface area contributed by atoms with Crippen LogP contribution in [0.25, 0.3) is 0 Å². The molecule has 112 valence electrons. The van der Waals surface area contributed by atoms with Crippen molar-refractivity contribution in [1.29, 1.82) is 0 Å². The fraction of sp³-hybridized carbons (Fsp3) is 0.600. The van der Waals surface area contributed by atoms with Gasteiger partial charge in [-0.25, -0.2) is 8.78 Å². The highest BCUT2D eigenvalue weighted by Crippen LogP contribution is 2.26. The Hall–Kier alpha value is -1.20. The van der Waals surface area contributed by atoms with Crippen LogP contribution in [0.2, 0.25) is 0 Å². The van der Waals surface area contributed by atoms with Crippen molar-refractivity contribution in [3.8, 4) is 5.75 Å². The van der Waals surface area contributed by atoms with E-state index in [2.05, 4.69) is 19.2 Å². The predicted molar refractivity (Wildman–Crippen MR) is 72.8 cm³/mol. The third kappa shape index (κ3) is 4.15. The van der Waals surface area contributed by atoms with Crippen LogP contribution in [-0.2, 0) is 11.3 Å². The van der Waals surface area contributed by atoms with E-state index in [1.54, 1.807) is 0 Å². The summed E-state index contributed by atoms with van der Waals surface area (Å²) < 4.78 is 38.3. The summed E-state index contributed by atoms with van der Waals surface area (Å²) in [4.78, 5) is 0. The fourth-order valence-electron chi connectivity index (χ4n) is 2.10. The predicted octanol–water partition coefficient (Wildman–Crippen LogP) is 2.88. The third-order valence-corrected chi connectivity index (χ3v) is 3.11. The van der Waals surface area contributed by atoms with Crippen molar-refractivity contribution >= 4 is 0 Å². The van der Waals surface area contributed by atoms with Crippen LogP contribution in [-0.4, -0.2) is 25.9 Å². The number of hydrogen-bond donors (Lipinski definition) is 1. The van der Waals surface area contributed by atoms with E-state index in [0.29, 0.717) is 37.7 Å². The summed E-state index contributed by atoms with van der Waals surface area (Å²) in [6, 6.07) is 2.64. The molecule has 0 bridgehead atoms. The van der Waals surface area contributed by atoms with Crippen molar-refractivity contribution in [2.24, 2.45) is 5.92 Å². The molecule has 1 atom stereocenters. The summed E-state index contributed by atoms with van der Waals surface area (Å²) >= 11 is 0. The molecule has 0 aromatic heterocycles. The molecule has 0 amide bonds. The Morgan fingerprint density at radius 2 is 2.05 bits per heavy atom. The molecule has 1 aromatic carbocycles. The van der Waals surface area contributed by atoms with Crippen molar-refractivity contribution in [2.45, 2.75) is 32.9 Å². The van der Waals surface area contributed by atoms with Gasteiger partial charge in [-0.1, -0.05) is 13.8 Å². The Labute approximate surface area is 118 Å². The number of benzene rings is 1. The van der Waals surface area contributed by atoms with Crippen LogP contribution >= 0.6 is 0 Å². The van der Waals surface area contributed by atoms with Gasteiger partial charge in [-0.05, 0) is 30.2 Å². The molecule has 0 radical (unpaired) electrons. The van der Waals surface area contributed by atoms with Gasteiger partial charge in [0.05, 0.1) is 13.2 Å². The molecule has 1 fully saturated rings. The SMILES string of the molecule is CC(C)CNCc1cc(F)c(OC2CCOC2)c(F)c1. The second-order valence-electron chi connectivity index (χ2n) is 5.52. The van der Waals surface area contributed by atoms with Gasteiger partial charge >= 0.3 is 0 Å². The highest BCUT2D eigenvalue weighted by atomic mass is 19.1. The van der Waals surface area contributed by atoms with E-state index < -0.39 is 11.6 Å². The Balaban J connectivity index is 2.00. The van der Waals surface area contributed by atoms with Crippen molar-refractivity contribution in [3.05, 3.63) is 29.3 Å². The molecule has 1 unspecified atom stereocenters. The smallest absolute Gasteiger partial charge is 0.191 e. The van der Waals surface area contributed by atoms with Crippen LogP contribution in [0.3, 0.4) is 0 Å². The fourth-order valence-corrected chi connectivity index (χ4v) is 2.10. The van der Waals surface area contributed by atoms with Crippen LogP contribution in [0.4, 0.5) is 8.78 Å². The van der Waals surface area contributed by atoms with Crippen molar-refractivity contribution in [2.75, 3.05) is 19.8 Å². The van der Waals surface area contributed by atoms with E-state index in [1.807, 2.05) is 0 Å². The number of halogens is 2. The standard InChI is InChI=1S/C15H21F2NO2/c1-10(2)7-18-8-11-5-13(16)15(14(17)6-11)20-12-3-4-19-9-12/h5-6,10,12,18H,3-4,7-9H2,1-2H3. The lowest BCUT2D eigenvalue weighted by Gasteiger charge is -2.14. The molecule has 1 aromatic rings. The molecule has 3 nitrogen and oxygen atoms in total. The van der Waals surface area contributed by atoms with Crippen LogP contribution in [0.1, 0.15) is 25.8 Å². The molecule has 1 aliphatic rings. The van der Waals surface area contributed by atoms with Gasteiger partial charge in [-0.2, -0.15) is 0 Å². The van der Waals surface area contributed by atoms with Crippen molar-refractivity contribution < 1.29 is 18.3 Å². The summed E-state index contributed by atoms with van der Waals surface area (Å²) in [5, 5.41) is 3.15. The first-order chi connectivity index (χ1) is 9.56. The zero-order valence-electron chi connectivity index (χ0n) is 11.9. The molecule has 5 heteroatoms. The summed E-state index contributed by atoms with van der Waals surface area (Å²) in [5.74, 6) is -1.11. The number of rotatable bonds is 6. The minimum absolute atomic E-state index is 0.260. The van der Waals surface area contributed by atoms with Crippen LogP contribution in [0.15, 0.2) is 12.1 Å². The van der Waals surface area contributed by atoms with Crippen molar-refractivity contribution in [3.63, 3.8) is 0 Å². The highest BCUT2D eigenvalue weighted by molar-refractivity contribution is 5.31. The minimum atomic E-state index is -0.654. The first-order valence-corrected chi connectivity index (χ1v) is 6.99. The third-order valence-electron chi connectivity index (χ3n) is 3.11. The monoisotopic (exact) mass is 285 g/mol. The quantitative estimate of drug-likeness (QED) is 0.872. The zero-order valence-corrected chi connectivity index (χ0v) is 11.9. The van der Waals surface area contributed by atoms with Gasteiger partial charge in [0.2, 0.25) is 0 Å². The molecule has 1 saturated heterocycles. The maximum absolute atomic E-state index is 13.9. The van der Waals surface area contributed by atoms with Gasteiger partial charge in [0.1, 0.15) is 6.10 Å². The lowest BCUT2D eigenvalue weighted by Crippen LogP contribution is -2.20. The number of nitrogens with one attached hydrogen (secondary N) is 1. The minimum Gasteiger partial charge on any atom is -0.482 e. The maximum Gasteiger partial charge on any atom is 0.191 e. The second-order valence-corrected chi connectivity index (χ2v) is 5.52. The zero-order chi connectivity index (χ0) is 14.5. The summed E-state index contributed by atoms with van der Waals surface area (Å²) in [7, 11) is 0. The maximum atomic E-state index is 13.9. The summed E-state index contributed by atoms with van der Waals surface area (Å²) in [6.07, 6.45) is 0.403. The highest BCUT2D eigenvalue weighted by Gasteiger charge is 2.21. The second kappa shape index (κ2) is 6.99. The molecule has 20 heavy (non-hydrogen) atoms. The van der Waals surface area contributed by atoms with Crippen molar-refractivity contribution in [1.82, 2.24) is 5.32 Å². The van der Waals surface area contributed by atoms with Crippen LogP contribution in [0.5, 0.6) is 5.75 Å². The van der Waals surface area contributed by atoms with Gasteiger partial charge in [-0.15, -0.1) is 0 Å². The Kier molecular flexibility index (Phi) is 5.31. The Morgan fingerprint density at radius 3 is 2.60 bits per heavy atom. The van der Waals surface area contributed by atoms with Gasteiger partial charge in [0, 0.05) is 13.0 Å². The van der Waals surface area contributed by atoms with Gasteiger partial charge < -0.3 is 14.8 Å². The average Bonchev–Trinajstić information content (AvgIpc) is 2.86. The lowest BCUT2D eigenvalue weighted by atomic mass is 10.1. The van der Waals surface area contributed by atoms with Crippen LogP contribution < -0.4 is 10.1 Å². The number of hydrogen-bond acceptors (Lipinski definition) is 3. The van der Waals surface area contributed by atoms with E-state index in [0.717, 1.165) is 6.54 Å². The molecule has 1 aliphatic heterocycles. The Morgan fingerprint density at radius 1 is 1.35 bits per heavy atom. The van der Waals surface area contributed by atoms with Gasteiger partial charge in [0.15, 0.2) is 17.4 Å². The largest absolute Gasteiger partial charge is 0.482 e. The number of ether oxygens (including phenoxy) is 2. The molecular weight excluding hydrogens is 264 g/mol. The molecule has 0 aliphatic carbocycles. The molecule has 0 spiro atoms.